The van der Waals surface area contributed by atoms with Gasteiger partial charge in [0.2, 0.25) is 5.82 Å². The Hall–Kier alpha value is -2.28. The van der Waals surface area contributed by atoms with Crippen molar-refractivity contribution in [1.82, 2.24) is 25.1 Å². The van der Waals surface area contributed by atoms with E-state index in [1.165, 1.54) is 0 Å². The van der Waals surface area contributed by atoms with Gasteiger partial charge in [-0.3, -0.25) is 9.48 Å². The topological polar surface area (TPSA) is 92.9 Å². The van der Waals surface area contributed by atoms with E-state index in [-0.39, 0.29) is 23.8 Å². The fourth-order valence-electron chi connectivity index (χ4n) is 2.36. The lowest BCUT2D eigenvalue weighted by Crippen LogP contribution is -2.56. The average molecular weight is 273 g/mol. The minimum atomic E-state index is -0.501. The van der Waals surface area contributed by atoms with E-state index in [2.05, 4.69) is 20.4 Å². The number of rotatable bonds is 3. The second-order valence-corrected chi connectivity index (χ2v) is 4.88. The molecule has 1 aliphatic rings. The van der Waals surface area contributed by atoms with Crippen LogP contribution in [0.3, 0.4) is 0 Å². The number of aliphatic hydroxyl groups excluding tert-OH is 1. The number of nitrogens with one attached hydrogen (secondary N) is 1. The second-order valence-electron chi connectivity index (χ2n) is 4.88. The van der Waals surface area contributed by atoms with E-state index in [1.54, 1.807) is 42.3 Å². The SMILES string of the molecule is Cc1ccnc(C(=O)N[C@H]2C[C@@H](O)[C@@H]2n2cccn2)n1. The molecule has 0 aliphatic heterocycles. The Bertz CT molecular complexity index is 613. The smallest absolute Gasteiger partial charge is 0.289 e. The Labute approximate surface area is 115 Å². The molecule has 7 nitrogen and oxygen atoms in total. The minimum Gasteiger partial charge on any atom is -0.391 e. The van der Waals surface area contributed by atoms with Crippen LogP contribution in [0.25, 0.3) is 0 Å². The fourth-order valence-corrected chi connectivity index (χ4v) is 2.36. The first-order valence-electron chi connectivity index (χ1n) is 6.43. The summed E-state index contributed by atoms with van der Waals surface area (Å²) in [5.74, 6) is -0.187. The maximum absolute atomic E-state index is 12.1. The molecular formula is C13H15N5O2. The summed E-state index contributed by atoms with van der Waals surface area (Å²) in [4.78, 5) is 20.1. The third kappa shape index (κ3) is 2.27. The molecule has 104 valence electrons. The highest BCUT2D eigenvalue weighted by molar-refractivity contribution is 5.90. The number of aliphatic hydroxyl groups is 1. The van der Waals surface area contributed by atoms with E-state index in [1.807, 2.05) is 0 Å². The van der Waals surface area contributed by atoms with Gasteiger partial charge in [0.1, 0.15) is 0 Å². The van der Waals surface area contributed by atoms with Crippen LogP contribution in [0, 0.1) is 6.92 Å². The van der Waals surface area contributed by atoms with Gasteiger partial charge in [-0.1, -0.05) is 0 Å². The van der Waals surface area contributed by atoms with Gasteiger partial charge in [-0.25, -0.2) is 9.97 Å². The van der Waals surface area contributed by atoms with Gasteiger partial charge in [0.25, 0.3) is 5.91 Å². The highest BCUT2D eigenvalue weighted by atomic mass is 16.3. The van der Waals surface area contributed by atoms with Crippen LogP contribution in [0.2, 0.25) is 0 Å². The van der Waals surface area contributed by atoms with Gasteiger partial charge in [0.15, 0.2) is 0 Å². The number of hydrogen-bond donors (Lipinski definition) is 2. The highest BCUT2D eigenvalue weighted by Crippen LogP contribution is 2.32. The van der Waals surface area contributed by atoms with Crippen molar-refractivity contribution in [3.05, 3.63) is 42.2 Å². The third-order valence-electron chi connectivity index (χ3n) is 3.45. The molecule has 0 bridgehead atoms. The van der Waals surface area contributed by atoms with Crippen molar-refractivity contribution in [2.24, 2.45) is 0 Å². The first-order valence-corrected chi connectivity index (χ1v) is 6.43. The predicted octanol–water partition coefficient (Wildman–Crippen LogP) is 0.0858. The number of aromatic nitrogens is 4. The third-order valence-corrected chi connectivity index (χ3v) is 3.45. The molecule has 0 spiro atoms. The maximum Gasteiger partial charge on any atom is 0.289 e. The molecule has 1 fully saturated rings. The molecule has 0 radical (unpaired) electrons. The monoisotopic (exact) mass is 273 g/mol. The first kappa shape index (κ1) is 12.7. The molecule has 1 saturated carbocycles. The molecule has 20 heavy (non-hydrogen) atoms. The van der Waals surface area contributed by atoms with E-state index < -0.39 is 6.10 Å². The Morgan fingerprint density at radius 3 is 3.00 bits per heavy atom. The molecule has 3 rings (SSSR count). The number of hydrogen-bond acceptors (Lipinski definition) is 5. The quantitative estimate of drug-likeness (QED) is 0.826. The maximum atomic E-state index is 12.1. The summed E-state index contributed by atoms with van der Waals surface area (Å²) in [6.45, 7) is 1.80. The number of carbonyl (C=O) groups is 1. The largest absolute Gasteiger partial charge is 0.391 e. The Balaban J connectivity index is 1.70. The Morgan fingerprint density at radius 2 is 2.35 bits per heavy atom. The van der Waals surface area contributed by atoms with Gasteiger partial charge in [0.05, 0.1) is 18.2 Å². The summed E-state index contributed by atoms with van der Waals surface area (Å²) < 4.78 is 1.66. The number of amides is 1. The summed E-state index contributed by atoms with van der Waals surface area (Å²) in [7, 11) is 0. The zero-order valence-corrected chi connectivity index (χ0v) is 11.0. The molecule has 2 aromatic heterocycles. The van der Waals surface area contributed by atoms with Crippen LogP contribution in [-0.2, 0) is 0 Å². The summed E-state index contributed by atoms with van der Waals surface area (Å²) >= 11 is 0. The summed E-state index contributed by atoms with van der Waals surface area (Å²) in [6, 6.07) is 3.12. The molecule has 0 aromatic carbocycles. The summed E-state index contributed by atoms with van der Waals surface area (Å²) in [6.07, 6.45) is 4.97. The van der Waals surface area contributed by atoms with Crippen LogP contribution in [0.4, 0.5) is 0 Å². The molecule has 1 aliphatic carbocycles. The predicted molar refractivity (Wildman–Crippen MR) is 69.9 cm³/mol. The molecule has 7 heteroatoms. The van der Waals surface area contributed by atoms with E-state index in [9.17, 15) is 9.90 Å². The van der Waals surface area contributed by atoms with Gasteiger partial charge in [0, 0.05) is 24.3 Å². The van der Waals surface area contributed by atoms with E-state index in [4.69, 9.17) is 0 Å². The Kier molecular flexibility index (Phi) is 3.19. The lowest BCUT2D eigenvalue weighted by molar-refractivity contribution is -0.00603. The molecule has 0 saturated heterocycles. The van der Waals surface area contributed by atoms with Crippen LogP contribution in [0.1, 0.15) is 28.8 Å². The van der Waals surface area contributed by atoms with Crippen LogP contribution in [-0.4, -0.2) is 42.9 Å². The first-order chi connectivity index (χ1) is 9.65. The molecule has 0 unspecified atom stereocenters. The van der Waals surface area contributed by atoms with Crippen LogP contribution < -0.4 is 5.32 Å². The van der Waals surface area contributed by atoms with Crippen molar-refractivity contribution in [2.45, 2.75) is 31.5 Å². The van der Waals surface area contributed by atoms with Gasteiger partial charge >= 0.3 is 0 Å². The lowest BCUT2D eigenvalue weighted by Gasteiger charge is -2.41. The average Bonchev–Trinajstić information content (AvgIpc) is 2.91. The summed E-state index contributed by atoms with van der Waals surface area (Å²) in [5, 5.41) is 16.8. The molecule has 2 heterocycles. The lowest BCUT2D eigenvalue weighted by atomic mass is 9.83. The second kappa shape index (κ2) is 5.01. The van der Waals surface area contributed by atoms with Crippen LogP contribution in [0.15, 0.2) is 30.7 Å². The van der Waals surface area contributed by atoms with Crippen molar-refractivity contribution in [3.8, 4) is 0 Å². The number of carbonyl (C=O) groups excluding carboxylic acids is 1. The van der Waals surface area contributed by atoms with Crippen molar-refractivity contribution >= 4 is 5.91 Å². The van der Waals surface area contributed by atoms with Crippen molar-refractivity contribution < 1.29 is 9.90 Å². The molecule has 2 aromatic rings. The molecular weight excluding hydrogens is 258 g/mol. The number of aryl methyl sites for hydroxylation is 1. The molecule has 2 N–H and O–H groups in total. The summed E-state index contributed by atoms with van der Waals surface area (Å²) in [5.41, 5.74) is 0.738. The standard InChI is InChI=1S/C13H15N5O2/c1-8-3-5-14-12(16-8)13(20)17-9-7-10(19)11(9)18-6-2-4-15-18/h2-6,9-11,19H,7H2,1H3,(H,17,20)/t9-,10+,11+/m0/s1. The highest BCUT2D eigenvalue weighted by Gasteiger charge is 2.42. The zero-order chi connectivity index (χ0) is 14.1. The zero-order valence-electron chi connectivity index (χ0n) is 11.0. The fraction of sp³-hybridized carbons (Fsp3) is 0.385. The van der Waals surface area contributed by atoms with Gasteiger partial charge in [-0.15, -0.1) is 0 Å². The van der Waals surface area contributed by atoms with Crippen molar-refractivity contribution in [1.29, 1.82) is 0 Å². The normalized spacial score (nSPS) is 25.0. The van der Waals surface area contributed by atoms with Crippen molar-refractivity contribution in [2.75, 3.05) is 0 Å². The van der Waals surface area contributed by atoms with Crippen LogP contribution >= 0.6 is 0 Å². The van der Waals surface area contributed by atoms with E-state index >= 15 is 0 Å². The van der Waals surface area contributed by atoms with Crippen molar-refractivity contribution in [3.63, 3.8) is 0 Å². The number of nitrogens with zero attached hydrogens (tertiary/aromatic N) is 4. The van der Waals surface area contributed by atoms with E-state index in [0.717, 1.165) is 5.69 Å². The molecule has 1 amide bonds. The Morgan fingerprint density at radius 1 is 1.50 bits per heavy atom. The van der Waals surface area contributed by atoms with Crippen LogP contribution in [0.5, 0.6) is 0 Å². The van der Waals surface area contributed by atoms with E-state index in [0.29, 0.717) is 6.42 Å². The minimum absolute atomic E-state index is 0.144. The van der Waals surface area contributed by atoms with Gasteiger partial charge in [-0.05, 0) is 25.5 Å². The van der Waals surface area contributed by atoms with Gasteiger partial charge in [-0.2, -0.15) is 5.10 Å². The van der Waals surface area contributed by atoms with Gasteiger partial charge < -0.3 is 10.4 Å². The molecule has 3 atom stereocenters.